The molecule has 1 N–H and O–H groups in total. The third-order valence-corrected chi connectivity index (χ3v) is 5.47. The minimum Gasteiger partial charge on any atom is -0.361 e. The van der Waals surface area contributed by atoms with Crippen molar-refractivity contribution in [2.75, 3.05) is 0 Å². The first-order valence-electron chi connectivity index (χ1n) is 9.76. The van der Waals surface area contributed by atoms with Crippen LogP contribution in [0.25, 0.3) is 21.9 Å². The van der Waals surface area contributed by atoms with E-state index < -0.39 is 4.92 Å². The summed E-state index contributed by atoms with van der Waals surface area (Å²) in [6, 6.07) is 21.5. The number of hydrogen-bond acceptors (Lipinski definition) is 5. The molecule has 0 aliphatic carbocycles. The molecule has 0 amide bonds. The van der Waals surface area contributed by atoms with E-state index in [-0.39, 0.29) is 23.9 Å². The summed E-state index contributed by atoms with van der Waals surface area (Å²) in [7, 11) is 0. The van der Waals surface area contributed by atoms with Gasteiger partial charge in [-0.3, -0.25) is 14.9 Å². The number of rotatable bonds is 5. The maximum absolute atomic E-state index is 13.3. The number of fused-ring (bicyclic) bond motifs is 2. The molecule has 8 heteroatoms. The molecule has 0 aliphatic heterocycles. The molecule has 3 aromatic carbocycles. The predicted octanol–water partition coefficient (Wildman–Crippen LogP) is 4.68. The molecule has 8 nitrogen and oxygen atoms in total. The lowest BCUT2D eigenvalue weighted by Crippen LogP contribution is -2.17. The number of aromatic amines is 1. The van der Waals surface area contributed by atoms with E-state index in [0.717, 1.165) is 22.0 Å². The number of nitrogens with one attached hydrogen (secondary N) is 1. The molecule has 0 bridgehead atoms. The van der Waals surface area contributed by atoms with Gasteiger partial charge in [0.15, 0.2) is 0 Å². The Kier molecular flexibility index (Phi) is 4.51. The summed E-state index contributed by atoms with van der Waals surface area (Å²) in [6.07, 6.45) is 2.02. The van der Waals surface area contributed by atoms with Crippen molar-refractivity contribution < 1.29 is 9.72 Å². The molecule has 0 spiro atoms. The Morgan fingerprint density at radius 2 is 1.77 bits per heavy atom. The van der Waals surface area contributed by atoms with Crippen LogP contribution in [0.2, 0.25) is 0 Å². The number of nitro groups is 1. The van der Waals surface area contributed by atoms with E-state index in [4.69, 9.17) is 0 Å². The van der Waals surface area contributed by atoms with Gasteiger partial charge in [-0.25, -0.2) is 0 Å². The summed E-state index contributed by atoms with van der Waals surface area (Å²) in [6.45, 7) is 0. The number of para-hydroxylation sites is 2. The molecule has 0 radical (unpaired) electrons. The Balaban J connectivity index is 1.58. The number of aromatic nitrogens is 4. The summed E-state index contributed by atoms with van der Waals surface area (Å²) >= 11 is 0. The van der Waals surface area contributed by atoms with Crippen LogP contribution in [0.4, 0.5) is 5.69 Å². The molecule has 31 heavy (non-hydrogen) atoms. The van der Waals surface area contributed by atoms with Gasteiger partial charge in [0.1, 0.15) is 5.52 Å². The maximum atomic E-state index is 13.3. The third-order valence-electron chi connectivity index (χ3n) is 5.47. The lowest BCUT2D eigenvalue weighted by molar-refractivity contribution is -0.384. The fraction of sp³-hybridized carbons (Fsp3) is 0.0870. The Hall–Kier alpha value is -4.33. The van der Waals surface area contributed by atoms with Gasteiger partial charge in [0.05, 0.1) is 10.4 Å². The first-order valence-corrected chi connectivity index (χ1v) is 9.76. The maximum Gasteiger partial charge on any atom is 0.269 e. The molecular formula is C23H17N5O3. The van der Waals surface area contributed by atoms with E-state index in [0.29, 0.717) is 11.0 Å². The van der Waals surface area contributed by atoms with Gasteiger partial charge < -0.3 is 4.98 Å². The highest BCUT2D eigenvalue weighted by atomic mass is 16.6. The number of carbonyl (C=O) groups excluding carboxylic acids is 1. The van der Waals surface area contributed by atoms with E-state index in [1.807, 2.05) is 42.6 Å². The summed E-state index contributed by atoms with van der Waals surface area (Å²) in [4.78, 5) is 27.1. The predicted molar refractivity (Wildman–Crippen MR) is 116 cm³/mol. The monoisotopic (exact) mass is 411 g/mol. The minimum absolute atomic E-state index is 0.00928. The largest absolute Gasteiger partial charge is 0.361 e. The van der Waals surface area contributed by atoms with Crippen molar-refractivity contribution in [3.05, 3.63) is 100 Å². The van der Waals surface area contributed by atoms with Gasteiger partial charge >= 0.3 is 0 Å². The van der Waals surface area contributed by atoms with Gasteiger partial charge in [-0.2, -0.15) is 4.68 Å². The van der Waals surface area contributed by atoms with Crippen molar-refractivity contribution in [1.29, 1.82) is 0 Å². The van der Waals surface area contributed by atoms with Gasteiger partial charge in [0.2, 0.25) is 5.91 Å². The Bertz CT molecular complexity index is 1420. The smallest absolute Gasteiger partial charge is 0.269 e. The molecule has 0 aliphatic rings. The molecule has 152 valence electrons. The third kappa shape index (κ3) is 3.33. The van der Waals surface area contributed by atoms with Gasteiger partial charge in [-0.1, -0.05) is 47.7 Å². The molecule has 2 aromatic heterocycles. The molecule has 0 saturated heterocycles. The Labute approximate surface area is 176 Å². The number of nitro benzene ring substituents is 1. The van der Waals surface area contributed by atoms with Crippen LogP contribution in [-0.2, 0) is 0 Å². The van der Waals surface area contributed by atoms with Crippen molar-refractivity contribution in [1.82, 2.24) is 20.0 Å². The quantitative estimate of drug-likeness (QED) is 0.334. The lowest BCUT2D eigenvalue weighted by atomic mass is 9.88. The number of hydrogen-bond donors (Lipinski definition) is 1. The minimum atomic E-state index is -0.433. The normalized spacial score (nSPS) is 12.3. The lowest BCUT2D eigenvalue weighted by Gasteiger charge is -2.16. The van der Waals surface area contributed by atoms with E-state index >= 15 is 0 Å². The van der Waals surface area contributed by atoms with Crippen molar-refractivity contribution in [3.63, 3.8) is 0 Å². The average molecular weight is 411 g/mol. The first-order chi connectivity index (χ1) is 15.1. The van der Waals surface area contributed by atoms with E-state index in [1.165, 1.54) is 16.8 Å². The fourth-order valence-corrected chi connectivity index (χ4v) is 3.93. The molecule has 2 heterocycles. The topological polar surface area (TPSA) is 107 Å². The number of H-pyrrole nitrogens is 1. The Morgan fingerprint density at radius 3 is 2.58 bits per heavy atom. The molecule has 5 aromatic rings. The second-order valence-corrected chi connectivity index (χ2v) is 7.28. The van der Waals surface area contributed by atoms with Crippen LogP contribution in [-0.4, -0.2) is 30.8 Å². The average Bonchev–Trinajstić information content (AvgIpc) is 3.42. The summed E-state index contributed by atoms with van der Waals surface area (Å²) < 4.78 is 1.32. The van der Waals surface area contributed by atoms with Crippen LogP contribution in [0.1, 0.15) is 28.3 Å². The van der Waals surface area contributed by atoms with Crippen molar-refractivity contribution in [2.24, 2.45) is 0 Å². The van der Waals surface area contributed by atoms with Crippen molar-refractivity contribution in [3.8, 4) is 0 Å². The zero-order chi connectivity index (χ0) is 21.4. The van der Waals surface area contributed by atoms with E-state index in [9.17, 15) is 14.9 Å². The summed E-state index contributed by atoms with van der Waals surface area (Å²) in [5.41, 5.74) is 4.03. The second-order valence-electron chi connectivity index (χ2n) is 7.28. The fourth-order valence-electron chi connectivity index (χ4n) is 3.93. The van der Waals surface area contributed by atoms with E-state index in [2.05, 4.69) is 15.3 Å². The number of non-ortho nitro benzene ring substituents is 1. The highest BCUT2D eigenvalue weighted by Crippen LogP contribution is 2.34. The number of carbonyl (C=O) groups is 1. The highest BCUT2D eigenvalue weighted by Gasteiger charge is 2.24. The van der Waals surface area contributed by atoms with Crippen LogP contribution in [0.3, 0.4) is 0 Å². The van der Waals surface area contributed by atoms with Crippen molar-refractivity contribution in [2.45, 2.75) is 12.3 Å². The van der Waals surface area contributed by atoms with Crippen LogP contribution < -0.4 is 0 Å². The van der Waals surface area contributed by atoms with E-state index in [1.54, 1.807) is 24.3 Å². The van der Waals surface area contributed by atoms with Crippen LogP contribution in [0, 0.1) is 10.1 Å². The molecule has 0 saturated carbocycles. The first kappa shape index (κ1) is 18.7. The molecule has 0 fully saturated rings. The molecular weight excluding hydrogens is 394 g/mol. The van der Waals surface area contributed by atoms with Gasteiger partial charge in [-0.15, -0.1) is 5.10 Å². The SMILES string of the molecule is O=C(CC(c1ccc([N+](=O)[O-])cc1)c1c[nH]c2ccccc12)n1nnc2ccccc21. The van der Waals surface area contributed by atoms with Crippen LogP contribution in [0.15, 0.2) is 79.0 Å². The summed E-state index contributed by atoms with van der Waals surface area (Å²) in [5.74, 6) is -0.519. The van der Waals surface area contributed by atoms with Gasteiger partial charge in [0, 0.05) is 41.6 Å². The van der Waals surface area contributed by atoms with Crippen LogP contribution in [0.5, 0.6) is 0 Å². The van der Waals surface area contributed by atoms with Gasteiger partial charge in [0.25, 0.3) is 5.69 Å². The second kappa shape index (κ2) is 7.49. The van der Waals surface area contributed by atoms with Crippen LogP contribution >= 0.6 is 0 Å². The number of nitrogens with zero attached hydrogens (tertiary/aromatic N) is 4. The molecule has 1 atom stereocenters. The molecule has 5 rings (SSSR count). The standard InChI is InChI=1S/C23H17N5O3/c29-23(27-22-8-4-3-7-21(22)25-26-27)13-18(15-9-11-16(12-10-15)28(30)31)19-14-24-20-6-2-1-5-17(19)20/h1-12,14,18,24H,13H2. The highest BCUT2D eigenvalue weighted by molar-refractivity contribution is 5.90. The van der Waals surface area contributed by atoms with Crippen molar-refractivity contribution >= 4 is 33.5 Å². The zero-order valence-electron chi connectivity index (χ0n) is 16.3. The number of benzene rings is 3. The molecule has 1 unspecified atom stereocenters. The summed E-state index contributed by atoms with van der Waals surface area (Å²) in [5, 5.41) is 20.2. The Morgan fingerprint density at radius 1 is 1.03 bits per heavy atom. The van der Waals surface area contributed by atoms with Gasteiger partial charge in [-0.05, 0) is 29.3 Å². The zero-order valence-corrected chi connectivity index (χ0v) is 16.3.